The molecule has 8 nitrogen and oxygen atoms in total. The molecule has 1 fully saturated rings. The van der Waals surface area contributed by atoms with Gasteiger partial charge in [0.2, 0.25) is 5.91 Å². The molecule has 9 heteroatoms. The maximum absolute atomic E-state index is 11.8. The number of aryl methyl sites for hydroxylation is 2. The van der Waals surface area contributed by atoms with Gasteiger partial charge in [0.1, 0.15) is 23.7 Å². The fourth-order valence-electron chi connectivity index (χ4n) is 4.28. The smallest absolute Gasteiger partial charge is 0.348 e. The Labute approximate surface area is 236 Å². The number of rotatable bonds is 15. The molecule has 0 spiro atoms. The maximum Gasteiger partial charge on any atom is 0.348 e. The molecular formula is C30H45NO7S. The highest BCUT2D eigenvalue weighted by Crippen LogP contribution is 2.22. The molecule has 2 heterocycles. The lowest BCUT2D eigenvalue weighted by Gasteiger charge is -2.21. The number of thiophene rings is 1. The Balaban J connectivity index is 0.000000276. The second kappa shape index (κ2) is 18.1. The van der Waals surface area contributed by atoms with E-state index in [-0.39, 0.29) is 18.9 Å². The number of hydrogen-bond donors (Lipinski definition) is 4. The highest BCUT2D eigenvalue weighted by molar-refractivity contribution is 7.13. The van der Waals surface area contributed by atoms with E-state index in [2.05, 4.69) is 31.2 Å². The van der Waals surface area contributed by atoms with Crippen LogP contribution in [0.5, 0.6) is 0 Å². The molecule has 3 atom stereocenters. The average Bonchev–Trinajstić information content (AvgIpc) is 3.59. The van der Waals surface area contributed by atoms with Crippen molar-refractivity contribution in [3.63, 3.8) is 0 Å². The van der Waals surface area contributed by atoms with Gasteiger partial charge in [-0.3, -0.25) is 4.79 Å². The number of aliphatic hydroxyl groups is 4. The standard InChI is InChI=1S/C16H23NO.C14H22O6S/c1-2-3-4-5-7-14-9-11-15(12-10-14)17-13-6-8-16(17)18;1-2-3-9-4-5-12(21-9)14(19)20-8-11(17)13(18)10(16)6-7-15/h9-12H,2-8,13H2,1H3;4-5,10-11,13,15-18H,2-3,6-8H2,1H3. The average molecular weight is 564 g/mol. The summed E-state index contributed by atoms with van der Waals surface area (Å²) in [6.07, 6.45) is 5.78. The molecule has 218 valence electrons. The van der Waals surface area contributed by atoms with Gasteiger partial charge in [-0.1, -0.05) is 51.7 Å². The molecule has 4 N–H and O–H groups in total. The van der Waals surface area contributed by atoms with Crippen molar-refractivity contribution in [1.29, 1.82) is 0 Å². The molecule has 3 unspecified atom stereocenters. The first-order valence-corrected chi connectivity index (χ1v) is 14.9. The van der Waals surface area contributed by atoms with Crippen molar-refractivity contribution >= 4 is 28.9 Å². The summed E-state index contributed by atoms with van der Waals surface area (Å²) in [6, 6.07) is 12.1. The molecule has 1 aliphatic rings. The van der Waals surface area contributed by atoms with Crippen LogP contribution in [0.15, 0.2) is 36.4 Å². The van der Waals surface area contributed by atoms with Gasteiger partial charge in [0.05, 0.1) is 6.10 Å². The number of unbranched alkanes of at least 4 members (excludes halogenated alkanes) is 3. The zero-order valence-corrected chi connectivity index (χ0v) is 24.1. The van der Waals surface area contributed by atoms with Crippen LogP contribution in [0, 0.1) is 0 Å². The van der Waals surface area contributed by atoms with Crippen LogP contribution in [-0.2, 0) is 22.4 Å². The second-order valence-electron chi connectivity index (χ2n) is 9.88. The molecule has 0 aliphatic carbocycles. The van der Waals surface area contributed by atoms with Gasteiger partial charge < -0.3 is 30.1 Å². The fourth-order valence-corrected chi connectivity index (χ4v) is 5.28. The van der Waals surface area contributed by atoms with E-state index in [4.69, 9.17) is 9.84 Å². The molecular weight excluding hydrogens is 518 g/mol. The molecule has 2 aromatic rings. The van der Waals surface area contributed by atoms with Gasteiger partial charge in [0.15, 0.2) is 0 Å². The van der Waals surface area contributed by atoms with Gasteiger partial charge in [-0.15, -0.1) is 11.3 Å². The van der Waals surface area contributed by atoms with Crippen LogP contribution in [0.2, 0.25) is 0 Å². The molecule has 1 saturated heterocycles. The summed E-state index contributed by atoms with van der Waals surface area (Å²) in [4.78, 5) is 26.8. The largest absolute Gasteiger partial charge is 0.459 e. The minimum Gasteiger partial charge on any atom is -0.459 e. The lowest BCUT2D eigenvalue weighted by atomic mass is 10.1. The van der Waals surface area contributed by atoms with Crippen molar-refractivity contribution in [3.8, 4) is 0 Å². The van der Waals surface area contributed by atoms with E-state index < -0.39 is 30.9 Å². The number of nitrogens with zero attached hydrogens (tertiary/aromatic N) is 1. The van der Waals surface area contributed by atoms with Crippen LogP contribution in [0.4, 0.5) is 5.69 Å². The highest BCUT2D eigenvalue weighted by Gasteiger charge is 2.26. The predicted octanol–water partition coefficient (Wildman–Crippen LogP) is 4.26. The maximum atomic E-state index is 11.8. The number of hydrogen-bond acceptors (Lipinski definition) is 8. The Hall–Kier alpha value is -2.30. The normalized spacial score (nSPS) is 15.4. The topological polar surface area (TPSA) is 128 Å². The first kappa shape index (κ1) is 32.9. The zero-order chi connectivity index (χ0) is 28.6. The lowest BCUT2D eigenvalue weighted by molar-refractivity contribution is -0.117. The SMILES string of the molecule is CCCCCCc1ccc(N2CCCC2=O)cc1.CCCc1ccc(C(=O)OCC(O)C(O)C(O)CCO)s1. The van der Waals surface area contributed by atoms with Crippen molar-refractivity contribution in [2.24, 2.45) is 0 Å². The van der Waals surface area contributed by atoms with Crippen molar-refractivity contribution in [2.75, 3.05) is 24.7 Å². The van der Waals surface area contributed by atoms with E-state index in [1.807, 2.05) is 17.9 Å². The third kappa shape index (κ3) is 11.4. The fraction of sp³-hybridized carbons (Fsp3) is 0.600. The Morgan fingerprint density at radius 3 is 2.33 bits per heavy atom. The van der Waals surface area contributed by atoms with E-state index in [0.29, 0.717) is 11.3 Å². The Morgan fingerprint density at radius 2 is 1.72 bits per heavy atom. The molecule has 0 radical (unpaired) electrons. The van der Waals surface area contributed by atoms with Crippen molar-refractivity contribution in [3.05, 3.63) is 51.7 Å². The van der Waals surface area contributed by atoms with Crippen molar-refractivity contribution in [2.45, 2.75) is 96.4 Å². The molecule has 1 aromatic carbocycles. The molecule has 0 saturated carbocycles. The summed E-state index contributed by atoms with van der Waals surface area (Å²) in [7, 11) is 0. The first-order chi connectivity index (χ1) is 18.8. The molecule has 3 rings (SSSR count). The van der Waals surface area contributed by atoms with Gasteiger partial charge in [0, 0.05) is 30.1 Å². The number of anilines is 1. The molecule has 0 bridgehead atoms. The van der Waals surface area contributed by atoms with Gasteiger partial charge >= 0.3 is 5.97 Å². The number of carbonyl (C=O) groups excluding carboxylic acids is 2. The van der Waals surface area contributed by atoms with Crippen LogP contribution >= 0.6 is 11.3 Å². The predicted molar refractivity (Wildman–Crippen MR) is 154 cm³/mol. The summed E-state index contributed by atoms with van der Waals surface area (Å²) in [5.74, 6) is -0.295. The van der Waals surface area contributed by atoms with E-state index in [9.17, 15) is 24.9 Å². The third-order valence-corrected chi connectivity index (χ3v) is 7.72. The first-order valence-electron chi connectivity index (χ1n) is 14.1. The number of carbonyl (C=O) groups is 2. The van der Waals surface area contributed by atoms with Gasteiger partial charge in [0.25, 0.3) is 0 Å². The molecule has 1 amide bonds. The van der Waals surface area contributed by atoms with Crippen LogP contribution in [-0.4, -0.2) is 70.4 Å². The van der Waals surface area contributed by atoms with E-state index in [1.54, 1.807) is 6.07 Å². The zero-order valence-electron chi connectivity index (χ0n) is 23.3. The van der Waals surface area contributed by atoms with Gasteiger partial charge in [-0.05, 0) is 61.9 Å². The summed E-state index contributed by atoms with van der Waals surface area (Å²) in [5.41, 5.74) is 2.45. The third-order valence-electron chi connectivity index (χ3n) is 6.60. The summed E-state index contributed by atoms with van der Waals surface area (Å²) >= 11 is 1.34. The highest BCUT2D eigenvalue weighted by atomic mass is 32.1. The number of ether oxygens (including phenoxy) is 1. The van der Waals surface area contributed by atoms with Crippen molar-refractivity contribution in [1.82, 2.24) is 0 Å². The summed E-state index contributed by atoms with van der Waals surface area (Å²) in [5, 5.41) is 37.3. The summed E-state index contributed by atoms with van der Waals surface area (Å²) < 4.78 is 4.92. The Morgan fingerprint density at radius 1 is 0.974 bits per heavy atom. The van der Waals surface area contributed by atoms with Crippen LogP contribution in [0.3, 0.4) is 0 Å². The molecule has 1 aromatic heterocycles. The quantitative estimate of drug-likeness (QED) is 0.188. The summed E-state index contributed by atoms with van der Waals surface area (Å²) in [6.45, 7) is 4.45. The van der Waals surface area contributed by atoms with E-state index >= 15 is 0 Å². The Bertz CT molecular complexity index is 978. The number of esters is 1. The Kier molecular flexibility index (Phi) is 15.3. The minimum atomic E-state index is -1.47. The lowest BCUT2D eigenvalue weighted by Crippen LogP contribution is -2.40. The molecule has 1 aliphatic heterocycles. The van der Waals surface area contributed by atoms with Crippen LogP contribution < -0.4 is 4.90 Å². The van der Waals surface area contributed by atoms with Crippen LogP contribution in [0.25, 0.3) is 0 Å². The van der Waals surface area contributed by atoms with Crippen LogP contribution in [0.1, 0.15) is 85.3 Å². The number of benzene rings is 1. The number of aliphatic hydroxyl groups excluding tert-OH is 4. The number of amides is 1. The van der Waals surface area contributed by atoms with E-state index in [1.165, 1.54) is 42.6 Å². The second-order valence-corrected chi connectivity index (χ2v) is 11.0. The van der Waals surface area contributed by atoms with Crippen molar-refractivity contribution < 1.29 is 34.8 Å². The van der Waals surface area contributed by atoms with Gasteiger partial charge in [-0.25, -0.2) is 4.79 Å². The minimum absolute atomic E-state index is 0.0581. The van der Waals surface area contributed by atoms with E-state index in [0.717, 1.165) is 42.8 Å². The van der Waals surface area contributed by atoms with Gasteiger partial charge in [-0.2, -0.15) is 0 Å². The molecule has 39 heavy (non-hydrogen) atoms. The monoisotopic (exact) mass is 563 g/mol.